The maximum Gasteiger partial charge on any atom is 0.259 e. The number of aromatic nitrogens is 3. The number of hydrogen-bond acceptors (Lipinski definition) is 9. The van der Waals surface area contributed by atoms with Gasteiger partial charge in [0, 0.05) is 21.3 Å². The smallest absolute Gasteiger partial charge is 0.259 e. The summed E-state index contributed by atoms with van der Waals surface area (Å²) in [5, 5.41) is 50.4. The van der Waals surface area contributed by atoms with Gasteiger partial charge in [0.15, 0.2) is 23.6 Å². The molecule has 2 fully saturated rings. The molecule has 4 N–H and O–H groups in total. The van der Waals surface area contributed by atoms with Gasteiger partial charge in [0.2, 0.25) is 0 Å². The van der Waals surface area contributed by atoms with Gasteiger partial charge in [-0.1, -0.05) is 41.3 Å². The van der Waals surface area contributed by atoms with E-state index in [9.17, 15) is 38.4 Å². The van der Waals surface area contributed by atoms with E-state index in [0.717, 1.165) is 23.2 Å². The van der Waals surface area contributed by atoms with E-state index in [1.807, 2.05) is 0 Å². The van der Waals surface area contributed by atoms with Crippen molar-refractivity contribution in [1.29, 1.82) is 0 Å². The second kappa shape index (κ2) is 14.3. The molecule has 0 bridgehead atoms. The molecule has 16 heteroatoms. The molecule has 5 unspecified atom stereocenters. The molecule has 1 aliphatic heterocycles. The molecule has 2 aliphatic rings. The Morgan fingerprint density at radius 1 is 1.04 bits per heavy atom. The molecule has 11 nitrogen and oxygen atoms in total. The first-order valence-electron chi connectivity index (χ1n) is 14.2. The molecule has 0 spiro atoms. The lowest BCUT2D eigenvalue weighted by atomic mass is 9.88. The van der Waals surface area contributed by atoms with Crippen LogP contribution in [0.5, 0.6) is 0 Å². The van der Waals surface area contributed by atoms with E-state index in [1.165, 1.54) is 29.3 Å². The fourth-order valence-corrected chi connectivity index (χ4v) is 6.43. The van der Waals surface area contributed by atoms with Crippen LogP contribution in [0.3, 0.4) is 0 Å². The van der Waals surface area contributed by atoms with E-state index in [0.29, 0.717) is 19.3 Å². The number of carbonyl (C=O) groups is 1. The zero-order chi connectivity index (χ0) is 32.4. The average Bonchev–Trinajstić information content (AvgIpc) is 3.49. The van der Waals surface area contributed by atoms with Crippen molar-refractivity contribution in [1.82, 2.24) is 15.0 Å². The van der Waals surface area contributed by atoms with Crippen molar-refractivity contribution in [2.45, 2.75) is 68.3 Å². The Hall–Kier alpha value is -2.82. The molecule has 1 saturated heterocycles. The number of benzene rings is 2. The highest BCUT2D eigenvalue weighted by molar-refractivity contribution is 6.35. The Kier molecular flexibility index (Phi) is 10.7. The van der Waals surface area contributed by atoms with Gasteiger partial charge in [-0.25, -0.2) is 17.9 Å². The van der Waals surface area contributed by atoms with Gasteiger partial charge in [0.05, 0.1) is 38.2 Å². The van der Waals surface area contributed by atoms with Gasteiger partial charge in [0.25, 0.3) is 5.91 Å². The number of halogens is 5. The highest BCUT2D eigenvalue weighted by Gasteiger charge is 2.52. The van der Waals surface area contributed by atoms with Crippen LogP contribution in [-0.2, 0) is 14.3 Å². The monoisotopic (exact) mass is 674 g/mol. The summed E-state index contributed by atoms with van der Waals surface area (Å²) in [4.78, 5) is 15.9. The fourth-order valence-electron chi connectivity index (χ4n) is 5.92. The second-order valence-electron chi connectivity index (χ2n) is 10.9. The van der Waals surface area contributed by atoms with Crippen LogP contribution in [0.2, 0.25) is 10.0 Å². The van der Waals surface area contributed by atoms with Crippen LogP contribution in [0.15, 0.2) is 36.5 Å². The first-order chi connectivity index (χ1) is 21.5. The molecule has 7 atom stereocenters. The zero-order valence-corrected chi connectivity index (χ0v) is 25.2. The second-order valence-corrected chi connectivity index (χ2v) is 11.8. The minimum absolute atomic E-state index is 0.101. The summed E-state index contributed by atoms with van der Waals surface area (Å²) in [5.41, 5.74) is 0.00425. The topological polar surface area (TPSA) is 150 Å². The summed E-state index contributed by atoms with van der Waals surface area (Å²) in [6.45, 7) is -1.52. The molecular formula is C29H31Cl2F3N4O7. The molecule has 0 radical (unpaired) electrons. The van der Waals surface area contributed by atoms with Gasteiger partial charge in [0.1, 0.15) is 30.0 Å². The molecule has 1 aromatic heterocycles. The van der Waals surface area contributed by atoms with E-state index in [-0.39, 0.29) is 33.6 Å². The SMILES string of the molecule is O=C(C1OC(CO)C(O)C(n2cc(-c3cc(F)c(F)c(F)c3)nn2)C1OCCO)N(c1cc(Cl)cc(Cl)c1)[C@H]1CCCC[C@@H]1O. The van der Waals surface area contributed by atoms with Crippen molar-refractivity contribution in [2.24, 2.45) is 0 Å². The minimum Gasteiger partial charge on any atom is -0.394 e. The molecule has 2 heterocycles. The number of ether oxygens (including phenoxy) is 2. The summed E-state index contributed by atoms with van der Waals surface area (Å²) < 4.78 is 54.4. The first kappa shape index (κ1) is 33.5. The Morgan fingerprint density at radius 2 is 1.71 bits per heavy atom. The summed E-state index contributed by atoms with van der Waals surface area (Å²) in [6, 6.07) is 3.90. The number of carbonyl (C=O) groups excluding carboxylic acids is 1. The molecular weight excluding hydrogens is 644 g/mol. The van der Waals surface area contributed by atoms with Crippen LogP contribution >= 0.6 is 23.2 Å². The zero-order valence-electron chi connectivity index (χ0n) is 23.6. The standard InChI is InChI=1S/C29H31Cl2F3N4O7/c30-15-9-16(31)11-17(10-15)38(21-3-1-2-4-22(21)41)29(43)28-27(44-6-5-39)25(26(42)23(13-40)45-28)37-12-20(35-36-37)14-7-18(32)24(34)19(33)8-14/h7-12,21-23,25-28,39-42H,1-6,13H2/t21-,22-,23?,25?,26?,27?,28?/m0/s1. The molecule has 3 aromatic rings. The van der Waals surface area contributed by atoms with E-state index in [2.05, 4.69) is 10.3 Å². The van der Waals surface area contributed by atoms with Crippen LogP contribution in [0.1, 0.15) is 31.7 Å². The van der Waals surface area contributed by atoms with Gasteiger partial charge >= 0.3 is 0 Å². The third kappa shape index (κ3) is 6.98. The largest absolute Gasteiger partial charge is 0.394 e. The quantitative estimate of drug-likeness (QED) is 0.251. The minimum atomic E-state index is -1.66. The lowest BCUT2D eigenvalue weighted by Gasteiger charge is -2.46. The molecule has 1 saturated carbocycles. The Balaban J connectivity index is 1.58. The Labute approximate surface area is 265 Å². The van der Waals surface area contributed by atoms with Gasteiger partial charge in [-0.05, 0) is 43.2 Å². The Morgan fingerprint density at radius 3 is 2.33 bits per heavy atom. The number of aliphatic hydroxyl groups excluding tert-OH is 4. The molecule has 244 valence electrons. The highest BCUT2D eigenvalue weighted by Crippen LogP contribution is 2.38. The van der Waals surface area contributed by atoms with E-state index >= 15 is 0 Å². The summed E-state index contributed by atoms with van der Waals surface area (Å²) in [6.07, 6.45) is -3.25. The first-order valence-corrected chi connectivity index (χ1v) is 15.0. The number of anilines is 1. The van der Waals surface area contributed by atoms with E-state index in [1.54, 1.807) is 0 Å². The predicted octanol–water partition coefficient (Wildman–Crippen LogP) is 3.05. The number of aliphatic hydroxyl groups is 4. The van der Waals surface area contributed by atoms with Crippen molar-refractivity contribution in [2.75, 3.05) is 24.7 Å². The molecule has 2 aromatic carbocycles. The van der Waals surface area contributed by atoms with Crippen molar-refractivity contribution in [3.8, 4) is 11.3 Å². The van der Waals surface area contributed by atoms with Gasteiger partial charge in [-0.3, -0.25) is 4.79 Å². The van der Waals surface area contributed by atoms with Crippen LogP contribution < -0.4 is 4.90 Å². The number of hydrogen-bond donors (Lipinski definition) is 4. The van der Waals surface area contributed by atoms with Crippen molar-refractivity contribution < 1.29 is 47.9 Å². The number of nitrogens with zero attached hydrogens (tertiary/aromatic N) is 4. The lowest BCUT2D eigenvalue weighted by Crippen LogP contribution is -2.63. The van der Waals surface area contributed by atoms with Crippen molar-refractivity contribution in [3.63, 3.8) is 0 Å². The average molecular weight is 675 g/mol. The number of amides is 1. The summed E-state index contributed by atoms with van der Waals surface area (Å²) >= 11 is 12.6. The van der Waals surface area contributed by atoms with Gasteiger partial charge in [-0.15, -0.1) is 5.10 Å². The summed E-state index contributed by atoms with van der Waals surface area (Å²) in [7, 11) is 0. The van der Waals surface area contributed by atoms with Crippen LogP contribution in [0.25, 0.3) is 11.3 Å². The van der Waals surface area contributed by atoms with Crippen LogP contribution in [0.4, 0.5) is 18.9 Å². The molecule has 1 aliphatic carbocycles. The third-order valence-corrected chi connectivity index (χ3v) is 8.43. The van der Waals surface area contributed by atoms with Gasteiger partial charge in [-0.2, -0.15) is 0 Å². The predicted molar refractivity (Wildman–Crippen MR) is 155 cm³/mol. The number of rotatable bonds is 9. The normalized spacial score (nSPS) is 27.0. The molecule has 45 heavy (non-hydrogen) atoms. The van der Waals surface area contributed by atoms with Crippen LogP contribution in [0, 0.1) is 17.5 Å². The Bertz CT molecular complexity index is 1480. The van der Waals surface area contributed by atoms with E-state index < -0.39 is 79.2 Å². The van der Waals surface area contributed by atoms with Gasteiger partial charge < -0.3 is 34.8 Å². The van der Waals surface area contributed by atoms with Crippen molar-refractivity contribution in [3.05, 3.63) is 64.0 Å². The lowest BCUT2D eigenvalue weighted by molar-refractivity contribution is -0.218. The third-order valence-electron chi connectivity index (χ3n) is 8.00. The fraction of sp³-hybridized carbons (Fsp3) is 0.483. The maximum absolute atomic E-state index is 14.6. The molecule has 5 rings (SSSR count). The maximum atomic E-state index is 14.6. The summed E-state index contributed by atoms with van der Waals surface area (Å²) in [5.74, 6) is -5.29. The molecule has 1 amide bonds. The van der Waals surface area contributed by atoms with Crippen LogP contribution in [-0.4, -0.2) is 97.7 Å². The van der Waals surface area contributed by atoms with E-state index in [4.69, 9.17) is 32.7 Å². The highest BCUT2D eigenvalue weighted by atomic mass is 35.5. The van der Waals surface area contributed by atoms with Crippen molar-refractivity contribution >= 4 is 34.8 Å².